The maximum atomic E-state index is 11.8. The van der Waals surface area contributed by atoms with E-state index < -0.39 is 5.97 Å². The van der Waals surface area contributed by atoms with Gasteiger partial charge in [-0.15, -0.1) is 0 Å². The van der Waals surface area contributed by atoms with Gasteiger partial charge in [0, 0.05) is 15.8 Å². The Labute approximate surface area is 148 Å². The molecule has 0 spiro atoms. The number of nitrogens with zero attached hydrogens (tertiary/aromatic N) is 1. The van der Waals surface area contributed by atoms with E-state index in [0.717, 1.165) is 16.5 Å². The summed E-state index contributed by atoms with van der Waals surface area (Å²) in [6.07, 6.45) is 0. The third kappa shape index (κ3) is 2.55. The lowest BCUT2D eigenvalue weighted by molar-refractivity contribution is 0.0699. The normalized spacial score (nSPS) is 11.3. The molecule has 5 heteroatoms. The molecule has 0 saturated heterocycles. The van der Waals surface area contributed by atoms with Gasteiger partial charge >= 0.3 is 5.97 Å². The van der Waals surface area contributed by atoms with Gasteiger partial charge in [0.05, 0.1) is 11.1 Å². The molecule has 1 N–H and O–H groups in total. The van der Waals surface area contributed by atoms with Gasteiger partial charge in [-0.05, 0) is 55.3 Å². The Bertz CT molecular complexity index is 1160. The first-order valence-electron chi connectivity index (χ1n) is 7.78. The Kier molecular flexibility index (Phi) is 3.51. The van der Waals surface area contributed by atoms with Crippen molar-refractivity contribution in [2.24, 2.45) is 0 Å². The lowest BCUT2D eigenvalue weighted by Gasteiger charge is -2.10. The van der Waals surface area contributed by atoms with E-state index in [4.69, 9.17) is 16.0 Å². The average Bonchev–Trinajstić information content (AvgIpc) is 3.00. The van der Waals surface area contributed by atoms with Crippen molar-refractivity contribution < 1.29 is 14.3 Å². The molecule has 0 unspecified atom stereocenters. The van der Waals surface area contributed by atoms with Crippen molar-refractivity contribution in [1.82, 2.24) is 4.98 Å². The second-order valence-corrected chi connectivity index (χ2v) is 6.51. The van der Waals surface area contributed by atoms with E-state index in [1.54, 1.807) is 24.3 Å². The van der Waals surface area contributed by atoms with Crippen LogP contribution in [0.2, 0.25) is 5.02 Å². The predicted octanol–water partition coefficient (Wildman–Crippen LogP) is 5.62. The summed E-state index contributed by atoms with van der Waals surface area (Å²) >= 11 is 6.02. The third-order valence-corrected chi connectivity index (χ3v) is 4.57. The molecule has 2 aromatic heterocycles. The monoisotopic (exact) mass is 351 g/mol. The van der Waals surface area contributed by atoms with Crippen molar-refractivity contribution in [2.75, 3.05) is 0 Å². The highest BCUT2D eigenvalue weighted by atomic mass is 35.5. The van der Waals surface area contributed by atoms with Crippen LogP contribution in [0, 0.1) is 13.8 Å². The minimum atomic E-state index is -0.985. The number of aromatic carboxylic acids is 1. The number of carboxylic acids is 1. The number of aryl methyl sites for hydroxylation is 2. The smallest absolute Gasteiger partial charge is 0.336 e. The van der Waals surface area contributed by atoms with E-state index in [2.05, 4.69) is 4.98 Å². The molecule has 0 atom stereocenters. The number of rotatable bonds is 2. The van der Waals surface area contributed by atoms with Crippen LogP contribution in [-0.2, 0) is 0 Å². The number of hydrogen-bond donors (Lipinski definition) is 1. The van der Waals surface area contributed by atoms with Gasteiger partial charge in [0.2, 0.25) is 0 Å². The number of benzene rings is 2. The molecule has 0 radical (unpaired) electrons. The molecular weight excluding hydrogens is 338 g/mol. The van der Waals surface area contributed by atoms with Gasteiger partial charge in [-0.25, -0.2) is 9.78 Å². The van der Waals surface area contributed by atoms with Gasteiger partial charge in [0.15, 0.2) is 5.76 Å². The van der Waals surface area contributed by atoms with E-state index in [9.17, 15) is 9.90 Å². The van der Waals surface area contributed by atoms with Gasteiger partial charge < -0.3 is 9.52 Å². The summed E-state index contributed by atoms with van der Waals surface area (Å²) in [5.74, 6) is -0.468. The number of carbonyl (C=O) groups is 1. The Hall–Kier alpha value is -2.85. The summed E-state index contributed by atoms with van der Waals surface area (Å²) in [6, 6.07) is 12.6. The standard InChI is InChI=1S/C20H14ClNO3/c1-10-3-4-11(2)19-18(10)14(20(23)24)9-15(22-19)17-8-12-7-13(21)5-6-16(12)25-17/h3-9H,1-2H3,(H,23,24). The summed E-state index contributed by atoms with van der Waals surface area (Å²) in [6.45, 7) is 3.81. The van der Waals surface area contributed by atoms with Gasteiger partial charge in [-0.2, -0.15) is 0 Å². The first-order chi connectivity index (χ1) is 11.9. The van der Waals surface area contributed by atoms with Gasteiger partial charge in [0.25, 0.3) is 0 Å². The van der Waals surface area contributed by atoms with Crippen molar-refractivity contribution in [3.63, 3.8) is 0 Å². The molecule has 25 heavy (non-hydrogen) atoms. The van der Waals surface area contributed by atoms with Crippen LogP contribution < -0.4 is 0 Å². The van der Waals surface area contributed by atoms with Crippen molar-refractivity contribution in [1.29, 1.82) is 0 Å². The number of carboxylic acid groups (broad SMARTS) is 1. The number of hydrogen-bond acceptors (Lipinski definition) is 3. The summed E-state index contributed by atoms with van der Waals surface area (Å²) < 4.78 is 5.85. The van der Waals surface area contributed by atoms with Crippen molar-refractivity contribution in [3.05, 3.63) is 64.2 Å². The van der Waals surface area contributed by atoms with E-state index in [0.29, 0.717) is 33.0 Å². The highest BCUT2D eigenvalue weighted by Gasteiger charge is 2.18. The van der Waals surface area contributed by atoms with E-state index in [-0.39, 0.29) is 5.56 Å². The lowest BCUT2D eigenvalue weighted by Crippen LogP contribution is -2.02. The van der Waals surface area contributed by atoms with Crippen LogP contribution in [0.25, 0.3) is 33.3 Å². The summed E-state index contributed by atoms with van der Waals surface area (Å²) in [7, 11) is 0. The molecule has 0 saturated carbocycles. The zero-order valence-corrected chi connectivity index (χ0v) is 14.4. The number of aromatic nitrogens is 1. The number of furan rings is 1. The second-order valence-electron chi connectivity index (χ2n) is 6.08. The molecule has 0 aliphatic rings. The molecule has 0 fully saturated rings. The minimum absolute atomic E-state index is 0.222. The van der Waals surface area contributed by atoms with Gasteiger partial charge in [-0.1, -0.05) is 23.7 Å². The van der Waals surface area contributed by atoms with E-state index in [1.165, 1.54) is 0 Å². The molecule has 2 aromatic carbocycles. The molecule has 0 amide bonds. The third-order valence-electron chi connectivity index (χ3n) is 4.33. The van der Waals surface area contributed by atoms with Crippen LogP contribution in [0.15, 0.2) is 46.9 Å². The van der Waals surface area contributed by atoms with Gasteiger partial charge in [-0.3, -0.25) is 0 Å². The van der Waals surface area contributed by atoms with Crippen LogP contribution in [-0.4, -0.2) is 16.1 Å². The molecule has 2 heterocycles. The SMILES string of the molecule is Cc1ccc(C)c2c(C(=O)O)cc(-c3cc4cc(Cl)ccc4o3)nc12. The lowest BCUT2D eigenvalue weighted by atomic mass is 9.99. The first-order valence-corrected chi connectivity index (χ1v) is 8.15. The first kappa shape index (κ1) is 15.7. The van der Waals surface area contributed by atoms with E-state index in [1.807, 2.05) is 32.0 Å². The number of fused-ring (bicyclic) bond motifs is 2. The molecule has 4 nitrogen and oxygen atoms in total. The second kappa shape index (κ2) is 5.60. The fourth-order valence-electron chi connectivity index (χ4n) is 3.08. The number of pyridine rings is 1. The number of halogens is 1. The quantitative estimate of drug-likeness (QED) is 0.509. The van der Waals surface area contributed by atoms with Gasteiger partial charge in [0.1, 0.15) is 11.3 Å². The Morgan fingerprint density at radius 1 is 1.08 bits per heavy atom. The predicted molar refractivity (Wildman–Crippen MR) is 98.4 cm³/mol. The fraction of sp³-hybridized carbons (Fsp3) is 0.100. The summed E-state index contributed by atoms with van der Waals surface area (Å²) in [5.41, 5.74) is 3.87. The van der Waals surface area contributed by atoms with Crippen LogP contribution in [0.1, 0.15) is 21.5 Å². The van der Waals surface area contributed by atoms with E-state index >= 15 is 0 Å². The zero-order valence-electron chi connectivity index (χ0n) is 13.6. The zero-order chi connectivity index (χ0) is 17.7. The molecular formula is C20H14ClNO3. The topological polar surface area (TPSA) is 63.3 Å². The molecule has 124 valence electrons. The Balaban J connectivity index is 2.04. The average molecular weight is 352 g/mol. The Morgan fingerprint density at radius 3 is 2.60 bits per heavy atom. The van der Waals surface area contributed by atoms with Crippen LogP contribution in [0.5, 0.6) is 0 Å². The maximum Gasteiger partial charge on any atom is 0.336 e. The highest BCUT2D eigenvalue weighted by molar-refractivity contribution is 6.31. The summed E-state index contributed by atoms with van der Waals surface area (Å²) in [5, 5.41) is 11.8. The minimum Gasteiger partial charge on any atom is -0.478 e. The van der Waals surface area contributed by atoms with Crippen LogP contribution >= 0.6 is 11.6 Å². The molecule has 0 aliphatic heterocycles. The van der Waals surface area contributed by atoms with Crippen molar-refractivity contribution in [2.45, 2.75) is 13.8 Å². The molecule has 4 aromatic rings. The molecule has 0 aliphatic carbocycles. The Morgan fingerprint density at radius 2 is 1.84 bits per heavy atom. The highest BCUT2D eigenvalue weighted by Crippen LogP contribution is 2.32. The molecule has 0 bridgehead atoms. The fourth-order valence-corrected chi connectivity index (χ4v) is 3.26. The van der Waals surface area contributed by atoms with Crippen LogP contribution in [0.3, 0.4) is 0 Å². The van der Waals surface area contributed by atoms with Crippen LogP contribution in [0.4, 0.5) is 0 Å². The molecule has 4 rings (SSSR count). The maximum absolute atomic E-state index is 11.8. The van der Waals surface area contributed by atoms with Crippen molar-refractivity contribution >= 4 is 39.4 Å². The largest absolute Gasteiger partial charge is 0.478 e. The van der Waals surface area contributed by atoms with Crippen molar-refractivity contribution in [3.8, 4) is 11.5 Å². The summed E-state index contributed by atoms with van der Waals surface area (Å²) in [4.78, 5) is 16.5.